The number of nitrogens with zero attached hydrogens (tertiary/aromatic N) is 3. The Morgan fingerprint density at radius 1 is 1.19 bits per heavy atom. The van der Waals surface area contributed by atoms with Gasteiger partial charge in [-0.05, 0) is 48.7 Å². The second-order valence-electron chi connectivity index (χ2n) is 7.85. The molecule has 0 radical (unpaired) electrons. The predicted molar refractivity (Wildman–Crippen MR) is 122 cm³/mol. The van der Waals surface area contributed by atoms with Crippen molar-refractivity contribution >= 4 is 11.5 Å². The van der Waals surface area contributed by atoms with Crippen LogP contribution in [-0.2, 0) is 11.3 Å². The molecule has 0 aliphatic carbocycles. The number of carbonyl (C=O) groups is 1. The molecule has 0 spiro atoms. The largest absolute Gasteiger partial charge is 0.497 e. The van der Waals surface area contributed by atoms with E-state index in [1.165, 1.54) is 11.1 Å². The fraction of sp³-hybridized carbons (Fsp3) is 0.280. The molecule has 0 fully saturated rings. The summed E-state index contributed by atoms with van der Waals surface area (Å²) in [5.74, 6) is 0.831. The SMILES string of the molecule is COc1cccc(CNC(=O)CN2CC=C(c3cnn(-c4ccc(C)cc4)c3)CC2)c1. The molecule has 2 heterocycles. The van der Waals surface area contributed by atoms with Crippen molar-refractivity contribution in [2.45, 2.75) is 19.9 Å². The Hall–Kier alpha value is -3.38. The van der Waals surface area contributed by atoms with E-state index in [0.717, 1.165) is 42.1 Å². The van der Waals surface area contributed by atoms with Crippen LogP contribution in [0.15, 0.2) is 67.0 Å². The third-order valence-electron chi connectivity index (χ3n) is 5.54. The quantitative estimate of drug-likeness (QED) is 0.639. The van der Waals surface area contributed by atoms with E-state index in [2.05, 4.69) is 58.8 Å². The number of benzene rings is 2. The van der Waals surface area contributed by atoms with Crippen molar-refractivity contribution in [3.05, 3.63) is 83.7 Å². The first-order valence-corrected chi connectivity index (χ1v) is 10.5. The minimum atomic E-state index is 0.0341. The monoisotopic (exact) mass is 416 g/mol. The second kappa shape index (κ2) is 9.62. The molecule has 160 valence electrons. The highest BCUT2D eigenvalue weighted by molar-refractivity contribution is 5.78. The maximum Gasteiger partial charge on any atom is 0.234 e. The molecular formula is C25H28N4O2. The zero-order valence-corrected chi connectivity index (χ0v) is 18.0. The molecule has 0 saturated carbocycles. The Morgan fingerprint density at radius 2 is 2.03 bits per heavy atom. The number of aryl methyl sites for hydroxylation is 1. The molecule has 1 aliphatic heterocycles. The number of methoxy groups -OCH3 is 1. The Labute approximate surface area is 183 Å². The lowest BCUT2D eigenvalue weighted by Gasteiger charge is -2.25. The van der Waals surface area contributed by atoms with Crippen LogP contribution in [0.25, 0.3) is 11.3 Å². The maximum atomic E-state index is 12.4. The normalized spacial score (nSPS) is 14.2. The van der Waals surface area contributed by atoms with Crippen molar-refractivity contribution in [1.82, 2.24) is 20.0 Å². The number of rotatable bonds is 7. The van der Waals surface area contributed by atoms with Crippen LogP contribution in [0.1, 0.15) is 23.1 Å². The minimum absolute atomic E-state index is 0.0341. The van der Waals surface area contributed by atoms with Crippen LogP contribution in [0.2, 0.25) is 0 Å². The first kappa shape index (κ1) is 20.9. The van der Waals surface area contributed by atoms with Crippen molar-refractivity contribution in [3.63, 3.8) is 0 Å². The van der Waals surface area contributed by atoms with E-state index < -0.39 is 0 Å². The molecule has 1 amide bonds. The highest BCUT2D eigenvalue weighted by Gasteiger charge is 2.17. The van der Waals surface area contributed by atoms with Crippen LogP contribution in [0, 0.1) is 6.92 Å². The number of nitrogens with one attached hydrogen (secondary N) is 1. The molecule has 0 atom stereocenters. The Balaban J connectivity index is 1.29. The van der Waals surface area contributed by atoms with Gasteiger partial charge in [0.15, 0.2) is 0 Å². The van der Waals surface area contributed by atoms with Crippen molar-refractivity contribution in [2.75, 3.05) is 26.7 Å². The fourth-order valence-corrected chi connectivity index (χ4v) is 3.69. The van der Waals surface area contributed by atoms with Crippen molar-refractivity contribution in [1.29, 1.82) is 0 Å². The predicted octanol–water partition coefficient (Wildman–Crippen LogP) is 3.59. The van der Waals surface area contributed by atoms with Crippen LogP contribution < -0.4 is 10.1 Å². The van der Waals surface area contributed by atoms with Gasteiger partial charge >= 0.3 is 0 Å². The number of aromatic nitrogens is 2. The van der Waals surface area contributed by atoms with Crippen molar-refractivity contribution in [2.24, 2.45) is 0 Å². The molecule has 1 aliphatic rings. The Bertz CT molecular complexity index is 1070. The highest BCUT2D eigenvalue weighted by Crippen LogP contribution is 2.23. The molecule has 2 aromatic carbocycles. The molecule has 1 N–H and O–H groups in total. The first-order valence-electron chi connectivity index (χ1n) is 10.5. The molecular weight excluding hydrogens is 388 g/mol. The molecule has 6 nitrogen and oxygen atoms in total. The summed E-state index contributed by atoms with van der Waals surface area (Å²) in [6.45, 7) is 4.60. The molecule has 31 heavy (non-hydrogen) atoms. The van der Waals surface area contributed by atoms with E-state index in [4.69, 9.17) is 4.74 Å². The molecule has 0 bridgehead atoms. The summed E-state index contributed by atoms with van der Waals surface area (Å²) in [5, 5.41) is 7.51. The Morgan fingerprint density at radius 3 is 2.77 bits per heavy atom. The number of hydrogen-bond donors (Lipinski definition) is 1. The second-order valence-corrected chi connectivity index (χ2v) is 7.85. The van der Waals surface area contributed by atoms with E-state index in [-0.39, 0.29) is 5.91 Å². The molecule has 0 unspecified atom stereocenters. The average Bonchev–Trinajstić information content (AvgIpc) is 3.29. The van der Waals surface area contributed by atoms with Gasteiger partial charge in [0.25, 0.3) is 0 Å². The topological polar surface area (TPSA) is 59.4 Å². The number of carbonyl (C=O) groups excluding carboxylic acids is 1. The van der Waals surface area contributed by atoms with Crippen LogP contribution in [0.4, 0.5) is 0 Å². The lowest BCUT2D eigenvalue weighted by Crippen LogP contribution is -2.39. The molecule has 0 saturated heterocycles. The summed E-state index contributed by atoms with van der Waals surface area (Å²) in [6.07, 6.45) is 7.10. The van der Waals surface area contributed by atoms with E-state index in [1.807, 2.05) is 35.1 Å². The standard InChI is InChI=1S/C25H28N4O2/c1-19-6-8-23(9-7-19)29-17-22(16-27-29)21-10-12-28(13-11-21)18-25(30)26-15-20-4-3-5-24(14-20)31-2/h3-10,14,16-17H,11-13,15,18H2,1-2H3,(H,26,30). The van der Waals surface area contributed by atoms with Gasteiger partial charge in [-0.3, -0.25) is 9.69 Å². The van der Waals surface area contributed by atoms with Crippen LogP contribution >= 0.6 is 0 Å². The van der Waals surface area contributed by atoms with Gasteiger partial charge in [0.2, 0.25) is 5.91 Å². The summed E-state index contributed by atoms with van der Waals surface area (Å²) in [6, 6.07) is 16.1. The van der Waals surface area contributed by atoms with E-state index in [1.54, 1.807) is 7.11 Å². The number of ether oxygens (including phenoxy) is 1. The zero-order valence-electron chi connectivity index (χ0n) is 18.0. The summed E-state index contributed by atoms with van der Waals surface area (Å²) >= 11 is 0. The third kappa shape index (κ3) is 5.41. The van der Waals surface area contributed by atoms with E-state index >= 15 is 0 Å². The van der Waals surface area contributed by atoms with Gasteiger partial charge in [-0.25, -0.2) is 4.68 Å². The fourth-order valence-electron chi connectivity index (χ4n) is 3.69. The van der Waals surface area contributed by atoms with Gasteiger partial charge in [-0.1, -0.05) is 35.9 Å². The summed E-state index contributed by atoms with van der Waals surface area (Å²) in [7, 11) is 1.64. The molecule has 1 aromatic heterocycles. The third-order valence-corrected chi connectivity index (χ3v) is 5.54. The molecule has 4 rings (SSSR count). The van der Waals surface area contributed by atoms with Gasteiger partial charge in [0.1, 0.15) is 5.75 Å². The lowest BCUT2D eigenvalue weighted by molar-refractivity contribution is -0.122. The number of amides is 1. The summed E-state index contributed by atoms with van der Waals surface area (Å²) in [4.78, 5) is 14.5. The van der Waals surface area contributed by atoms with Gasteiger partial charge in [-0.15, -0.1) is 0 Å². The van der Waals surface area contributed by atoms with Gasteiger partial charge < -0.3 is 10.1 Å². The Kier molecular flexibility index (Phi) is 6.48. The van der Waals surface area contributed by atoms with Crippen LogP contribution in [-0.4, -0.2) is 47.3 Å². The number of hydrogen-bond acceptors (Lipinski definition) is 4. The van der Waals surface area contributed by atoms with Gasteiger partial charge in [0.05, 0.1) is 25.5 Å². The van der Waals surface area contributed by atoms with E-state index in [9.17, 15) is 4.79 Å². The maximum absolute atomic E-state index is 12.4. The van der Waals surface area contributed by atoms with Gasteiger partial charge in [-0.2, -0.15) is 5.10 Å². The minimum Gasteiger partial charge on any atom is -0.497 e. The zero-order chi connectivity index (χ0) is 21.6. The van der Waals surface area contributed by atoms with Crippen LogP contribution in [0.3, 0.4) is 0 Å². The summed E-state index contributed by atoms with van der Waals surface area (Å²) in [5.41, 5.74) is 5.74. The summed E-state index contributed by atoms with van der Waals surface area (Å²) < 4.78 is 7.14. The highest BCUT2D eigenvalue weighted by atomic mass is 16.5. The van der Waals surface area contributed by atoms with Gasteiger partial charge in [0, 0.05) is 31.4 Å². The van der Waals surface area contributed by atoms with Crippen molar-refractivity contribution in [3.8, 4) is 11.4 Å². The van der Waals surface area contributed by atoms with E-state index in [0.29, 0.717) is 13.1 Å². The lowest BCUT2D eigenvalue weighted by atomic mass is 10.0. The van der Waals surface area contributed by atoms with Crippen molar-refractivity contribution < 1.29 is 9.53 Å². The smallest absolute Gasteiger partial charge is 0.234 e. The first-order chi connectivity index (χ1) is 15.1. The average molecular weight is 417 g/mol. The van der Waals surface area contributed by atoms with Crippen LogP contribution in [0.5, 0.6) is 5.75 Å². The molecule has 6 heteroatoms. The molecule has 3 aromatic rings.